The summed E-state index contributed by atoms with van der Waals surface area (Å²) in [5, 5.41) is 1.46. The van der Waals surface area contributed by atoms with E-state index in [-0.39, 0.29) is 0 Å². The average molecular weight is 260 g/mol. The summed E-state index contributed by atoms with van der Waals surface area (Å²) in [6.07, 6.45) is 0. The van der Waals surface area contributed by atoms with Gasteiger partial charge in [0.05, 0.1) is 2.74 Å². The van der Waals surface area contributed by atoms with Crippen molar-refractivity contribution in [2.45, 2.75) is 6.92 Å². The van der Waals surface area contributed by atoms with Crippen LogP contribution in [0, 0.1) is 6.92 Å². The molecule has 0 bridgehead atoms. The van der Waals surface area contributed by atoms with Gasteiger partial charge in [0.2, 0.25) is 0 Å². The third-order valence-corrected chi connectivity index (χ3v) is 3.70. The van der Waals surface area contributed by atoms with Crippen LogP contribution in [-0.2, 0) is 0 Å². The standard InChI is InChI=1S/C19H14O/c1-13-15(14-7-3-2-4-8-14)11-12-17-16-9-5-6-10-18(16)20-19(13)17/h2-12H,1H3/i9D,12D. The molecule has 1 heterocycles. The molecule has 0 N–H and O–H groups in total. The number of hydrogen-bond acceptors (Lipinski definition) is 1. The molecule has 4 aromatic rings. The maximum atomic E-state index is 8.40. The van der Waals surface area contributed by atoms with Crippen LogP contribution < -0.4 is 0 Å². The van der Waals surface area contributed by atoms with Crippen LogP contribution >= 0.6 is 0 Å². The topological polar surface area (TPSA) is 13.1 Å². The quantitative estimate of drug-likeness (QED) is 0.436. The second-order valence-corrected chi connectivity index (χ2v) is 4.91. The highest BCUT2D eigenvalue weighted by molar-refractivity contribution is 6.07. The van der Waals surface area contributed by atoms with Gasteiger partial charge in [-0.15, -0.1) is 0 Å². The van der Waals surface area contributed by atoms with Crippen LogP contribution in [-0.4, -0.2) is 0 Å². The van der Waals surface area contributed by atoms with Gasteiger partial charge in [-0.05, 0) is 30.2 Å². The molecule has 0 fully saturated rings. The van der Waals surface area contributed by atoms with Gasteiger partial charge in [0.1, 0.15) is 11.2 Å². The Labute approximate surface area is 120 Å². The zero-order valence-corrected chi connectivity index (χ0v) is 11.1. The van der Waals surface area contributed by atoms with Gasteiger partial charge >= 0.3 is 0 Å². The van der Waals surface area contributed by atoms with E-state index < -0.39 is 0 Å². The number of para-hydroxylation sites is 1. The van der Waals surface area contributed by atoms with E-state index >= 15 is 0 Å². The fraction of sp³-hybridized carbons (Fsp3) is 0.0526. The third-order valence-electron chi connectivity index (χ3n) is 3.70. The van der Waals surface area contributed by atoms with Crippen molar-refractivity contribution >= 4 is 21.9 Å². The summed E-state index contributed by atoms with van der Waals surface area (Å²) >= 11 is 0. The Morgan fingerprint density at radius 1 is 0.850 bits per heavy atom. The van der Waals surface area contributed by atoms with Gasteiger partial charge in [-0.1, -0.05) is 54.6 Å². The van der Waals surface area contributed by atoms with Gasteiger partial charge < -0.3 is 4.42 Å². The Morgan fingerprint density at radius 2 is 1.65 bits per heavy atom. The van der Waals surface area contributed by atoms with E-state index in [0.717, 1.165) is 27.5 Å². The Balaban J connectivity index is 2.15. The molecule has 1 aromatic heterocycles. The van der Waals surface area contributed by atoms with Crippen molar-refractivity contribution < 1.29 is 7.16 Å². The van der Waals surface area contributed by atoms with Crippen LogP contribution in [0.15, 0.2) is 71.1 Å². The normalized spacial score (nSPS) is 12.7. The molecule has 3 aromatic carbocycles. The molecule has 0 aliphatic heterocycles. The van der Waals surface area contributed by atoms with Crippen molar-refractivity contribution in [3.8, 4) is 11.1 Å². The van der Waals surface area contributed by atoms with Gasteiger partial charge in [0.15, 0.2) is 0 Å². The number of fused-ring (bicyclic) bond motifs is 3. The molecule has 4 rings (SSSR count). The molecular weight excluding hydrogens is 244 g/mol. The zero-order chi connectivity index (χ0) is 15.3. The van der Waals surface area contributed by atoms with Crippen molar-refractivity contribution in [1.29, 1.82) is 0 Å². The van der Waals surface area contributed by atoms with Gasteiger partial charge in [0.25, 0.3) is 0 Å². The van der Waals surface area contributed by atoms with Crippen molar-refractivity contribution in [2.75, 3.05) is 0 Å². The van der Waals surface area contributed by atoms with E-state index in [1.54, 1.807) is 6.07 Å². The van der Waals surface area contributed by atoms with Gasteiger partial charge in [-0.25, -0.2) is 0 Å². The molecule has 0 aliphatic carbocycles. The van der Waals surface area contributed by atoms with Crippen molar-refractivity contribution in [1.82, 2.24) is 0 Å². The van der Waals surface area contributed by atoms with E-state index in [0.29, 0.717) is 23.3 Å². The second kappa shape index (κ2) is 4.24. The Kier molecular flexibility index (Phi) is 1.99. The fourth-order valence-electron chi connectivity index (χ4n) is 2.67. The summed E-state index contributed by atoms with van der Waals surface area (Å²) < 4.78 is 22.5. The lowest BCUT2D eigenvalue weighted by molar-refractivity contribution is 0.666. The number of rotatable bonds is 1. The summed E-state index contributed by atoms with van der Waals surface area (Å²) in [5.74, 6) is 0. The van der Waals surface area contributed by atoms with Crippen LogP contribution in [0.4, 0.5) is 0 Å². The van der Waals surface area contributed by atoms with Crippen molar-refractivity contribution in [3.05, 3.63) is 72.2 Å². The molecule has 0 spiro atoms. The first-order valence-corrected chi connectivity index (χ1v) is 6.64. The maximum absolute atomic E-state index is 8.40. The monoisotopic (exact) mass is 260 g/mol. The van der Waals surface area contributed by atoms with Gasteiger partial charge in [-0.3, -0.25) is 0 Å². The van der Waals surface area contributed by atoms with E-state index in [4.69, 9.17) is 7.16 Å². The van der Waals surface area contributed by atoms with E-state index in [2.05, 4.69) is 0 Å². The van der Waals surface area contributed by atoms with Crippen LogP contribution in [0.25, 0.3) is 33.1 Å². The highest BCUT2D eigenvalue weighted by Crippen LogP contribution is 2.35. The van der Waals surface area contributed by atoms with E-state index in [1.165, 1.54) is 0 Å². The lowest BCUT2D eigenvalue weighted by atomic mass is 9.98. The number of hydrogen-bond donors (Lipinski definition) is 0. The molecule has 1 heteroatoms. The largest absolute Gasteiger partial charge is 0.456 e. The highest BCUT2D eigenvalue weighted by Gasteiger charge is 2.12. The minimum Gasteiger partial charge on any atom is -0.456 e. The SMILES string of the molecule is [2H]c1cccc2oc3c(C)c(-c4ccccc4)cc([2H])c3c12. The van der Waals surface area contributed by atoms with Crippen LogP contribution in [0.3, 0.4) is 0 Å². The smallest absolute Gasteiger partial charge is 0.138 e. The molecule has 0 unspecified atom stereocenters. The lowest BCUT2D eigenvalue weighted by Gasteiger charge is -2.06. The van der Waals surface area contributed by atoms with E-state index in [1.807, 2.05) is 55.5 Å². The van der Waals surface area contributed by atoms with E-state index in [9.17, 15) is 0 Å². The second-order valence-electron chi connectivity index (χ2n) is 4.91. The lowest BCUT2D eigenvalue weighted by Crippen LogP contribution is -1.83. The average Bonchev–Trinajstić information content (AvgIpc) is 2.93. The van der Waals surface area contributed by atoms with Crippen LogP contribution in [0.2, 0.25) is 0 Å². The van der Waals surface area contributed by atoms with Gasteiger partial charge in [-0.2, -0.15) is 0 Å². The summed E-state index contributed by atoms with van der Waals surface area (Å²) in [6.45, 7) is 2.01. The molecular formula is C19H14O. The predicted molar refractivity (Wildman–Crippen MR) is 83.9 cm³/mol. The first kappa shape index (κ1) is 9.38. The Hall–Kier alpha value is -2.54. The maximum Gasteiger partial charge on any atom is 0.138 e. The first-order chi connectivity index (χ1) is 10.7. The Bertz CT molecular complexity index is 1000. The molecule has 0 aliphatic rings. The Morgan fingerprint density at radius 3 is 2.50 bits per heavy atom. The number of benzene rings is 3. The highest BCUT2D eigenvalue weighted by atomic mass is 16.3. The molecule has 96 valence electrons. The molecule has 0 saturated heterocycles. The molecule has 20 heavy (non-hydrogen) atoms. The molecule has 0 saturated carbocycles. The number of furan rings is 1. The summed E-state index contributed by atoms with van der Waals surface area (Å²) in [5.41, 5.74) is 4.46. The van der Waals surface area contributed by atoms with Crippen LogP contribution in [0.5, 0.6) is 0 Å². The summed E-state index contributed by atoms with van der Waals surface area (Å²) in [7, 11) is 0. The molecule has 0 radical (unpaired) electrons. The molecule has 0 atom stereocenters. The summed E-state index contributed by atoms with van der Waals surface area (Å²) in [6, 6.07) is 18.1. The van der Waals surface area contributed by atoms with Crippen molar-refractivity contribution in [3.63, 3.8) is 0 Å². The van der Waals surface area contributed by atoms with Crippen LogP contribution in [0.1, 0.15) is 8.30 Å². The summed E-state index contributed by atoms with van der Waals surface area (Å²) in [4.78, 5) is 0. The minimum absolute atomic E-state index is 0.400. The minimum atomic E-state index is 0.400. The molecule has 1 nitrogen and oxygen atoms in total. The zero-order valence-electron chi connectivity index (χ0n) is 13.1. The molecule has 0 amide bonds. The first-order valence-electron chi connectivity index (χ1n) is 7.64. The number of aryl methyl sites for hydroxylation is 1. The fourth-order valence-corrected chi connectivity index (χ4v) is 2.67. The predicted octanol–water partition coefficient (Wildman–Crippen LogP) is 5.56. The van der Waals surface area contributed by atoms with Gasteiger partial charge in [0, 0.05) is 16.3 Å². The third kappa shape index (κ3) is 1.56. The van der Waals surface area contributed by atoms with Crippen molar-refractivity contribution in [2.24, 2.45) is 0 Å².